The van der Waals surface area contributed by atoms with E-state index in [0.717, 1.165) is 12.3 Å². The van der Waals surface area contributed by atoms with Gasteiger partial charge in [0.05, 0.1) is 5.56 Å². The van der Waals surface area contributed by atoms with Gasteiger partial charge in [-0.2, -0.15) is 13.2 Å². The van der Waals surface area contributed by atoms with Crippen LogP contribution >= 0.6 is 0 Å². The molecule has 6 nitrogen and oxygen atoms in total. The summed E-state index contributed by atoms with van der Waals surface area (Å²) in [5.41, 5.74) is -0.579. The largest absolute Gasteiger partial charge is 0.479 e. The molecule has 21 heavy (non-hydrogen) atoms. The first-order chi connectivity index (χ1) is 9.86. The quantitative estimate of drug-likeness (QED) is 0.918. The van der Waals surface area contributed by atoms with Crippen molar-refractivity contribution in [1.29, 1.82) is 0 Å². The van der Waals surface area contributed by atoms with Gasteiger partial charge in [-0.25, -0.2) is 4.79 Å². The minimum Gasteiger partial charge on any atom is -0.479 e. The maximum Gasteiger partial charge on any atom is 0.417 e. The zero-order chi connectivity index (χ0) is 15.2. The standard InChI is InChI=1S/C12H10F3N3O3/c13-12(14,15)6-1-4-9-16-17-10(18(9)5-6)7-2-3-8(21-7)11(19)20/h1,4-5,7-8H,2-3H2,(H,19,20). The number of alkyl halides is 3. The average Bonchev–Trinajstić information content (AvgIpc) is 3.03. The molecule has 0 radical (unpaired) electrons. The zero-order valence-electron chi connectivity index (χ0n) is 10.5. The number of pyridine rings is 1. The van der Waals surface area contributed by atoms with Crippen LogP contribution in [0.5, 0.6) is 0 Å². The number of hydrogen-bond acceptors (Lipinski definition) is 4. The van der Waals surface area contributed by atoms with Crippen LogP contribution in [0.4, 0.5) is 13.2 Å². The molecular formula is C12H10F3N3O3. The van der Waals surface area contributed by atoms with Crippen molar-refractivity contribution >= 4 is 11.6 Å². The first-order valence-electron chi connectivity index (χ1n) is 6.16. The van der Waals surface area contributed by atoms with Crippen molar-refractivity contribution < 1.29 is 27.8 Å². The number of halogens is 3. The van der Waals surface area contributed by atoms with Crippen LogP contribution in [0.3, 0.4) is 0 Å². The molecule has 112 valence electrons. The van der Waals surface area contributed by atoms with Gasteiger partial charge in [-0.15, -0.1) is 10.2 Å². The zero-order valence-corrected chi connectivity index (χ0v) is 10.5. The molecule has 0 spiro atoms. The van der Waals surface area contributed by atoms with Crippen LogP contribution in [0, 0.1) is 0 Å². The Morgan fingerprint density at radius 2 is 2.10 bits per heavy atom. The summed E-state index contributed by atoms with van der Waals surface area (Å²) in [4.78, 5) is 10.8. The molecule has 1 aliphatic heterocycles. The van der Waals surface area contributed by atoms with E-state index in [1.54, 1.807) is 0 Å². The van der Waals surface area contributed by atoms with Crippen LogP contribution in [0.2, 0.25) is 0 Å². The molecule has 0 bridgehead atoms. The predicted octanol–water partition coefficient (Wildman–Crippen LogP) is 2.05. The lowest BCUT2D eigenvalue weighted by Gasteiger charge is -2.11. The van der Waals surface area contributed by atoms with Gasteiger partial charge in [0.25, 0.3) is 0 Å². The molecule has 2 aromatic heterocycles. The molecule has 0 aromatic carbocycles. The third-order valence-corrected chi connectivity index (χ3v) is 3.34. The highest BCUT2D eigenvalue weighted by molar-refractivity contribution is 5.72. The van der Waals surface area contributed by atoms with E-state index in [1.807, 2.05) is 0 Å². The summed E-state index contributed by atoms with van der Waals surface area (Å²) in [6.07, 6.45) is -4.57. The number of ether oxygens (including phenoxy) is 1. The fourth-order valence-electron chi connectivity index (χ4n) is 2.30. The average molecular weight is 301 g/mol. The Kier molecular flexibility index (Phi) is 3.08. The second-order valence-electron chi connectivity index (χ2n) is 4.73. The number of carboxylic acid groups (broad SMARTS) is 1. The Bertz CT molecular complexity index is 698. The molecule has 1 aliphatic rings. The number of rotatable bonds is 2. The van der Waals surface area contributed by atoms with Crippen LogP contribution in [-0.4, -0.2) is 31.8 Å². The molecule has 3 rings (SSSR count). The van der Waals surface area contributed by atoms with Gasteiger partial charge in [0, 0.05) is 6.20 Å². The first-order valence-corrected chi connectivity index (χ1v) is 6.16. The van der Waals surface area contributed by atoms with E-state index in [-0.39, 0.29) is 17.9 Å². The topological polar surface area (TPSA) is 76.7 Å². The Hall–Kier alpha value is -2.16. The minimum absolute atomic E-state index is 0.180. The summed E-state index contributed by atoms with van der Waals surface area (Å²) in [6, 6.07) is 2.13. The molecule has 2 unspecified atom stereocenters. The van der Waals surface area contributed by atoms with Crippen molar-refractivity contribution in [2.75, 3.05) is 0 Å². The molecule has 9 heteroatoms. The van der Waals surface area contributed by atoms with Gasteiger partial charge in [0.2, 0.25) is 0 Å². The third kappa shape index (κ3) is 2.44. The molecule has 3 heterocycles. The Balaban J connectivity index is 1.98. The normalized spacial score (nSPS) is 22.8. The summed E-state index contributed by atoms with van der Waals surface area (Å²) in [5.74, 6) is -0.915. The smallest absolute Gasteiger partial charge is 0.417 e. The Morgan fingerprint density at radius 1 is 1.33 bits per heavy atom. The van der Waals surface area contributed by atoms with Gasteiger partial charge < -0.3 is 9.84 Å². The lowest BCUT2D eigenvalue weighted by Crippen LogP contribution is -2.19. The van der Waals surface area contributed by atoms with Crippen molar-refractivity contribution in [3.63, 3.8) is 0 Å². The van der Waals surface area contributed by atoms with Crippen molar-refractivity contribution in [2.45, 2.75) is 31.2 Å². The second kappa shape index (κ2) is 4.69. The lowest BCUT2D eigenvalue weighted by atomic mass is 10.2. The molecule has 0 aliphatic carbocycles. The van der Waals surface area contributed by atoms with E-state index in [1.165, 1.54) is 10.5 Å². The van der Waals surface area contributed by atoms with E-state index in [4.69, 9.17) is 9.84 Å². The number of fused-ring (bicyclic) bond motifs is 1. The summed E-state index contributed by atoms with van der Waals surface area (Å²) in [7, 11) is 0. The lowest BCUT2D eigenvalue weighted by molar-refractivity contribution is -0.149. The van der Waals surface area contributed by atoms with Crippen LogP contribution in [0.1, 0.15) is 30.3 Å². The number of hydrogen-bond donors (Lipinski definition) is 1. The molecule has 2 aromatic rings. The predicted molar refractivity (Wildman–Crippen MR) is 62.5 cm³/mol. The monoisotopic (exact) mass is 301 g/mol. The van der Waals surface area contributed by atoms with Crippen LogP contribution in [-0.2, 0) is 15.7 Å². The van der Waals surface area contributed by atoms with E-state index >= 15 is 0 Å². The van der Waals surface area contributed by atoms with Crippen molar-refractivity contribution in [1.82, 2.24) is 14.6 Å². The van der Waals surface area contributed by atoms with Crippen LogP contribution < -0.4 is 0 Å². The summed E-state index contributed by atoms with van der Waals surface area (Å²) >= 11 is 0. The molecular weight excluding hydrogens is 291 g/mol. The summed E-state index contributed by atoms with van der Waals surface area (Å²) in [5, 5.41) is 16.5. The van der Waals surface area contributed by atoms with Crippen LogP contribution in [0.15, 0.2) is 18.3 Å². The number of nitrogens with zero attached hydrogens (tertiary/aromatic N) is 3. The van der Waals surface area contributed by atoms with Gasteiger partial charge in [-0.1, -0.05) is 0 Å². The van der Waals surface area contributed by atoms with Crippen molar-refractivity contribution in [3.8, 4) is 0 Å². The highest BCUT2D eigenvalue weighted by Gasteiger charge is 2.35. The SMILES string of the molecule is O=C(O)C1CCC(c2nnc3ccc(C(F)(F)F)cn23)O1. The van der Waals surface area contributed by atoms with Gasteiger partial charge in [0.15, 0.2) is 17.6 Å². The molecule has 0 amide bonds. The highest BCUT2D eigenvalue weighted by atomic mass is 19.4. The number of carbonyl (C=O) groups is 1. The number of aromatic nitrogens is 3. The van der Waals surface area contributed by atoms with E-state index < -0.39 is 29.9 Å². The fourth-order valence-corrected chi connectivity index (χ4v) is 2.30. The maximum absolute atomic E-state index is 12.7. The number of aliphatic carboxylic acids is 1. The van der Waals surface area contributed by atoms with Gasteiger partial charge >= 0.3 is 12.1 Å². The third-order valence-electron chi connectivity index (χ3n) is 3.34. The fraction of sp³-hybridized carbons (Fsp3) is 0.417. The van der Waals surface area contributed by atoms with Crippen molar-refractivity contribution in [2.24, 2.45) is 0 Å². The van der Waals surface area contributed by atoms with Gasteiger partial charge in [-0.3, -0.25) is 4.40 Å². The van der Waals surface area contributed by atoms with E-state index in [2.05, 4.69) is 10.2 Å². The maximum atomic E-state index is 12.7. The molecule has 0 saturated carbocycles. The number of carboxylic acids is 1. The Labute approximate surface area is 116 Å². The second-order valence-corrected chi connectivity index (χ2v) is 4.73. The van der Waals surface area contributed by atoms with E-state index in [0.29, 0.717) is 6.42 Å². The van der Waals surface area contributed by atoms with Crippen LogP contribution in [0.25, 0.3) is 5.65 Å². The molecule has 1 fully saturated rings. The highest BCUT2D eigenvalue weighted by Crippen LogP contribution is 2.34. The Morgan fingerprint density at radius 3 is 2.71 bits per heavy atom. The summed E-state index contributed by atoms with van der Waals surface area (Å²) in [6.45, 7) is 0. The van der Waals surface area contributed by atoms with E-state index in [9.17, 15) is 18.0 Å². The molecule has 2 atom stereocenters. The first kappa shape index (κ1) is 13.8. The van der Waals surface area contributed by atoms with Gasteiger partial charge in [-0.05, 0) is 25.0 Å². The molecule has 1 saturated heterocycles. The van der Waals surface area contributed by atoms with Crippen molar-refractivity contribution in [3.05, 3.63) is 29.7 Å². The van der Waals surface area contributed by atoms with Gasteiger partial charge in [0.1, 0.15) is 6.10 Å². The molecule has 1 N–H and O–H groups in total. The summed E-state index contributed by atoms with van der Waals surface area (Å²) < 4.78 is 44.7. The minimum atomic E-state index is -4.48.